The number of nitrogens with two attached hydrogens (primary N) is 1. The molecule has 0 saturated heterocycles. The number of hydrogen-bond donors (Lipinski definition) is 3. The molecular weight excluding hydrogens is 281 g/mol. The van der Waals surface area contributed by atoms with Crippen LogP contribution in [0.5, 0.6) is 0 Å². The summed E-state index contributed by atoms with van der Waals surface area (Å²) in [5.41, 5.74) is 3.86. The summed E-state index contributed by atoms with van der Waals surface area (Å²) in [6.45, 7) is 3.98. The van der Waals surface area contributed by atoms with E-state index >= 15 is 0 Å². The Hall–Kier alpha value is -1.92. The Morgan fingerprint density at radius 1 is 1.20 bits per heavy atom. The fourth-order valence-corrected chi connectivity index (χ4v) is 2.14. The minimum atomic E-state index is -0.419. The summed E-state index contributed by atoms with van der Waals surface area (Å²) in [4.78, 5) is 8.25. The zero-order valence-corrected chi connectivity index (χ0v) is 11.9. The second-order valence-corrected chi connectivity index (χ2v) is 5.00. The van der Waals surface area contributed by atoms with Gasteiger partial charge < -0.3 is 10.7 Å². The normalized spacial score (nSPS) is 10.7. The van der Waals surface area contributed by atoms with Gasteiger partial charge in [0.15, 0.2) is 0 Å². The molecule has 0 atom stereocenters. The number of hydrazine groups is 1. The second kappa shape index (κ2) is 6.02. The maximum atomic E-state index is 13.3. The van der Waals surface area contributed by atoms with Crippen LogP contribution in [0.2, 0.25) is 5.02 Å². The molecule has 2 rings (SSSR count). The lowest BCUT2D eigenvalue weighted by Gasteiger charge is -2.16. The van der Waals surface area contributed by atoms with Gasteiger partial charge in [-0.3, -0.25) is 0 Å². The molecule has 7 heteroatoms. The summed E-state index contributed by atoms with van der Waals surface area (Å²) in [5.74, 6) is 6.25. The molecular formula is C13H15ClFN5. The molecule has 2 aromatic rings. The Morgan fingerprint density at radius 2 is 1.90 bits per heavy atom. The molecule has 0 aliphatic carbocycles. The van der Waals surface area contributed by atoms with Gasteiger partial charge in [0.05, 0.1) is 0 Å². The minimum Gasteiger partial charge on any atom is -0.340 e. The lowest BCUT2D eigenvalue weighted by molar-refractivity contribution is 0.628. The van der Waals surface area contributed by atoms with Gasteiger partial charge in [-0.05, 0) is 24.1 Å². The maximum absolute atomic E-state index is 13.3. The molecule has 20 heavy (non-hydrogen) atoms. The fraction of sp³-hybridized carbons (Fsp3) is 0.231. The molecule has 0 bridgehead atoms. The van der Waals surface area contributed by atoms with Crippen molar-refractivity contribution in [2.75, 3.05) is 10.7 Å². The van der Waals surface area contributed by atoms with Crippen LogP contribution in [-0.4, -0.2) is 9.97 Å². The van der Waals surface area contributed by atoms with E-state index in [1.54, 1.807) is 6.07 Å². The van der Waals surface area contributed by atoms with E-state index in [2.05, 4.69) is 20.7 Å². The Bertz CT molecular complexity index is 597. The van der Waals surface area contributed by atoms with Crippen molar-refractivity contribution in [1.82, 2.24) is 9.97 Å². The number of nitrogens with one attached hydrogen (secondary N) is 2. The smallest absolute Gasteiger partial charge is 0.148 e. The van der Waals surface area contributed by atoms with Crippen molar-refractivity contribution in [2.24, 2.45) is 5.84 Å². The summed E-state index contributed by atoms with van der Waals surface area (Å²) in [7, 11) is 0. The minimum absolute atomic E-state index is 0.133. The van der Waals surface area contributed by atoms with E-state index in [1.165, 1.54) is 18.5 Å². The third kappa shape index (κ3) is 3.15. The first-order valence-electron chi connectivity index (χ1n) is 6.06. The third-order valence-corrected chi connectivity index (χ3v) is 2.94. The van der Waals surface area contributed by atoms with E-state index in [9.17, 15) is 4.39 Å². The van der Waals surface area contributed by atoms with Crippen LogP contribution < -0.4 is 16.6 Å². The number of rotatable bonds is 4. The molecule has 5 nitrogen and oxygen atoms in total. The van der Waals surface area contributed by atoms with E-state index < -0.39 is 5.82 Å². The molecule has 0 spiro atoms. The molecule has 0 unspecified atom stereocenters. The topological polar surface area (TPSA) is 75.9 Å². The van der Waals surface area contributed by atoms with Crippen molar-refractivity contribution < 1.29 is 4.39 Å². The predicted octanol–water partition coefficient (Wildman–Crippen LogP) is 3.42. The number of nitrogens with zero attached hydrogens (tertiary/aromatic N) is 2. The highest BCUT2D eigenvalue weighted by atomic mass is 35.5. The van der Waals surface area contributed by atoms with Crippen molar-refractivity contribution in [3.63, 3.8) is 0 Å². The van der Waals surface area contributed by atoms with E-state index in [4.69, 9.17) is 17.4 Å². The highest BCUT2D eigenvalue weighted by Crippen LogP contribution is 2.30. The van der Waals surface area contributed by atoms with Gasteiger partial charge in [-0.25, -0.2) is 20.2 Å². The van der Waals surface area contributed by atoms with E-state index in [0.29, 0.717) is 22.3 Å². The van der Waals surface area contributed by atoms with Crippen LogP contribution in [-0.2, 0) is 0 Å². The zero-order valence-electron chi connectivity index (χ0n) is 11.1. The van der Waals surface area contributed by atoms with Gasteiger partial charge in [-0.1, -0.05) is 25.4 Å². The molecule has 0 aliphatic rings. The van der Waals surface area contributed by atoms with Crippen LogP contribution in [0.25, 0.3) is 0 Å². The number of aromatic nitrogens is 2. The number of hydrogen-bond acceptors (Lipinski definition) is 5. The van der Waals surface area contributed by atoms with Gasteiger partial charge in [0.1, 0.15) is 23.8 Å². The lowest BCUT2D eigenvalue weighted by Crippen LogP contribution is -2.14. The van der Waals surface area contributed by atoms with Crippen LogP contribution in [0.4, 0.5) is 21.7 Å². The zero-order chi connectivity index (χ0) is 14.7. The Kier molecular flexibility index (Phi) is 4.36. The summed E-state index contributed by atoms with van der Waals surface area (Å²) >= 11 is 5.83. The molecule has 0 radical (unpaired) electrons. The van der Waals surface area contributed by atoms with Gasteiger partial charge in [0.25, 0.3) is 0 Å². The average molecular weight is 296 g/mol. The monoisotopic (exact) mass is 295 g/mol. The molecule has 0 saturated carbocycles. The van der Waals surface area contributed by atoms with Crippen LogP contribution in [0.3, 0.4) is 0 Å². The molecule has 1 heterocycles. The van der Waals surface area contributed by atoms with Crippen molar-refractivity contribution in [2.45, 2.75) is 19.8 Å². The summed E-state index contributed by atoms with van der Waals surface area (Å²) in [5, 5.41) is 3.35. The molecule has 0 amide bonds. The quantitative estimate of drug-likeness (QED) is 0.595. The van der Waals surface area contributed by atoms with Gasteiger partial charge in [0.2, 0.25) is 0 Å². The molecule has 1 aromatic carbocycles. The van der Waals surface area contributed by atoms with Crippen LogP contribution in [0.15, 0.2) is 24.5 Å². The van der Waals surface area contributed by atoms with Gasteiger partial charge in [-0.15, -0.1) is 0 Å². The summed E-state index contributed by atoms with van der Waals surface area (Å²) in [6, 6.07) is 4.20. The highest BCUT2D eigenvalue weighted by molar-refractivity contribution is 6.30. The molecule has 1 aromatic heterocycles. The Balaban J connectivity index is 2.42. The molecule has 0 aliphatic heterocycles. The van der Waals surface area contributed by atoms with E-state index in [-0.39, 0.29) is 5.92 Å². The van der Waals surface area contributed by atoms with Crippen LogP contribution in [0.1, 0.15) is 25.3 Å². The first-order valence-corrected chi connectivity index (χ1v) is 6.43. The average Bonchev–Trinajstić information content (AvgIpc) is 2.36. The van der Waals surface area contributed by atoms with Crippen LogP contribution >= 0.6 is 11.6 Å². The van der Waals surface area contributed by atoms with Gasteiger partial charge in [-0.2, -0.15) is 0 Å². The number of benzene rings is 1. The summed E-state index contributed by atoms with van der Waals surface area (Å²) in [6.07, 6.45) is 1.38. The standard InChI is InChI=1S/C13H15ClFN5/c1-7(2)11-12(17-6-18-13(11)20-16)19-10-4-8(14)3-9(15)5-10/h3-7H,16H2,1-2H3,(H2,17,18,19,20). The SMILES string of the molecule is CC(C)c1c(NN)ncnc1Nc1cc(F)cc(Cl)c1. The van der Waals surface area contributed by atoms with Crippen molar-refractivity contribution >= 4 is 28.9 Å². The molecule has 0 fully saturated rings. The fourth-order valence-electron chi connectivity index (χ4n) is 1.92. The Morgan fingerprint density at radius 3 is 2.50 bits per heavy atom. The molecule has 106 valence electrons. The number of anilines is 3. The summed E-state index contributed by atoms with van der Waals surface area (Å²) < 4.78 is 13.3. The Labute approximate surface area is 121 Å². The lowest BCUT2D eigenvalue weighted by atomic mass is 10.0. The predicted molar refractivity (Wildman–Crippen MR) is 78.6 cm³/mol. The van der Waals surface area contributed by atoms with Gasteiger partial charge >= 0.3 is 0 Å². The third-order valence-electron chi connectivity index (χ3n) is 2.72. The van der Waals surface area contributed by atoms with E-state index in [1.807, 2.05) is 13.8 Å². The highest BCUT2D eigenvalue weighted by Gasteiger charge is 2.14. The second-order valence-electron chi connectivity index (χ2n) is 4.57. The van der Waals surface area contributed by atoms with Crippen molar-refractivity contribution in [3.8, 4) is 0 Å². The first-order chi connectivity index (χ1) is 9.51. The maximum Gasteiger partial charge on any atom is 0.148 e. The molecule has 4 N–H and O–H groups in total. The largest absolute Gasteiger partial charge is 0.340 e. The van der Waals surface area contributed by atoms with Crippen LogP contribution in [0, 0.1) is 5.82 Å². The van der Waals surface area contributed by atoms with E-state index in [0.717, 1.165) is 5.56 Å². The number of nitrogen functional groups attached to an aromatic ring is 1. The number of halogens is 2. The van der Waals surface area contributed by atoms with Crippen molar-refractivity contribution in [3.05, 3.63) is 40.9 Å². The van der Waals surface area contributed by atoms with Gasteiger partial charge in [0, 0.05) is 16.3 Å². The van der Waals surface area contributed by atoms with Crippen molar-refractivity contribution in [1.29, 1.82) is 0 Å². The first kappa shape index (κ1) is 14.5.